The van der Waals surface area contributed by atoms with E-state index in [9.17, 15) is 8.42 Å². The summed E-state index contributed by atoms with van der Waals surface area (Å²) in [6.07, 6.45) is 3.14. The Hall–Kier alpha value is -1.10. The fourth-order valence-corrected chi connectivity index (χ4v) is 2.43. The van der Waals surface area contributed by atoms with Gasteiger partial charge in [-0.2, -0.15) is 0 Å². The van der Waals surface area contributed by atoms with Crippen molar-refractivity contribution in [3.63, 3.8) is 0 Å². The summed E-state index contributed by atoms with van der Waals surface area (Å²) in [6.45, 7) is 3.79. The summed E-state index contributed by atoms with van der Waals surface area (Å²) in [4.78, 5) is 4.00. The van der Waals surface area contributed by atoms with Gasteiger partial charge in [0.15, 0.2) is 0 Å². The van der Waals surface area contributed by atoms with E-state index in [4.69, 9.17) is 0 Å². The van der Waals surface area contributed by atoms with Gasteiger partial charge in [-0.3, -0.25) is 9.71 Å². The lowest BCUT2D eigenvalue weighted by atomic mass is 10.3. The number of hydrogen-bond acceptors (Lipinski definition) is 3. The van der Waals surface area contributed by atoms with Gasteiger partial charge in [0, 0.05) is 11.9 Å². The van der Waals surface area contributed by atoms with Gasteiger partial charge in [0.05, 0.1) is 11.4 Å². The van der Waals surface area contributed by atoms with E-state index < -0.39 is 10.0 Å². The highest BCUT2D eigenvalue weighted by atomic mass is 32.2. The Morgan fingerprint density at radius 1 is 1.47 bits per heavy atom. The molecule has 0 spiro atoms. The molecule has 1 rings (SSSR count). The summed E-state index contributed by atoms with van der Waals surface area (Å²) in [5, 5.41) is 0. The van der Waals surface area contributed by atoms with Crippen LogP contribution in [0.3, 0.4) is 0 Å². The Morgan fingerprint density at radius 3 is 2.80 bits per heavy atom. The van der Waals surface area contributed by atoms with Crippen molar-refractivity contribution in [3.05, 3.63) is 24.0 Å². The average Bonchev–Trinajstić information content (AvgIpc) is 2.14. The van der Waals surface area contributed by atoms with Crippen molar-refractivity contribution in [2.24, 2.45) is 0 Å². The highest BCUT2D eigenvalue weighted by molar-refractivity contribution is 7.92. The van der Waals surface area contributed by atoms with Gasteiger partial charge in [-0.15, -0.1) is 0 Å². The summed E-state index contributed by atoms with van der Waals surface area (Å²) in [7, 11) is -3.19. The monoisotopic (exact) mass is 228 g/mol. The third kappa shape index (κ3) is 4.29. The zero-order valence-corrected chi connectivity index (χ0v) is 9.84. The largest absolute Gasteiger partial charge is 0.283 e. The van der Waals surface area contributed by atoms with Gasteiger partial charge in [-0.25, -0.2) is 8.42 Å². The van der Waals surface area contributed by atoms with E-state index in [1.54, 1.807) is 18.3 Å². The Kier molecular flexibility index (Phi) is 4.08. The lowest BCUT2D eigenvalue weighted by molar-refractivity contribution is 0.598. The van der Waals surface area contributed by atoms with Crippen LogP contribution in [0.1, 0.15) is 25.5 Å². The Bertz CT molecular complexity index is 415. The highest BCUT2D eigenvalue weighted by Crippen LogP contribution is 2.10. The molecule has 1 aromatic heterocycles. The maximum Gasteiger partial charge on any atom is 0.232 e. The molecule has 0 amide bonds. The number of sulfonamides is 1. The third-order valence-electron chi connectivity index (χ3n) is 1.94. The first-order valence-corrected chi connectivity index (χ1v) is 6.62. The summed E-state index contributed by atoms with van der Waals surface area (Å²) in [5.74, 6) is 0.171. The highest BCUT2D eigenvalue weighted by Gasteiger charge is 2.09. The fourth-order valence-electron chi connectivity index (χ4n) is 1.17. The molecule has 1 heterocycles. The molecular weight excluding hydrogens is 212 g/mol. The van der Waals surface area contributed by atoms with Crippen LogP contribution in [0, 0.1) is 6.92 Å². The van der Waals surface area contributed by atoms with Crippen molar-refractivity contribution in [2.75, 3.05) is 10.5 Å². The van der Waals surface area contributed by atoms with Crippen molar-refractivity contribution >= 4 is 15.7 Å². The van der Waals surface area contributed by atoms with E-state index >= 15 is 0 Å². The van der Waals surface area contributed by atoms with E-state index in [0.29, 0.717) is 12.1 Å². The van der Waals surface area contributed by atoms with Crippen LogP contribution in [0.25, 0.3) is 0 Å². The van der Waals surface area contributed by atoms with Gasteiger partial charge in [0.25, 0.3) is 0 Å². The van der Waals surface area contributed by atoms with Gasteiger partial charge >= 0.3 is 0 Å². The summed E-state index contributed by atoms with van der Waals surface area (Å²) in [5.41, 5.74) is 1.38. The number of rotatable bonds is 5. The normalized spacial score (nSPS) is 11.3. The van der Waals surface area contributed by atoms with Crippen molar-refractivity contribution in [3.8, 4) is 0 Å². The number of nitrogens with zero attached hydrogens (tertiary/aromatic N) is 1. The van der Waals surface area contributed by atoms with E-state index in [0.717, 1.165) is 12.1 Å². The first-order valence-electron chi connectivity index (χ1n) is 4.96. The van der Waals surface area contributed by atoms with Crippen LogP contribution in [-0.2, 0) is 10.0 Å². The molecule has 0 aliphatic carbocycles. The molecule has 84 valence electrons. The smallest absolute Gasteiger partial charge is 0.232 e. The molecule has 0 fully saturated rings. The molecule has 0 bridgehead atoms. The zero-order chi connectivity index (χ0) is 11.3. The number of aromatic nitrogens is 1. The van der Waals surface area contributed by atoms with Crippen LogP contribution in [-0.4, -0.2) is 19.2 Å². The van der Waals surface area contributed by atoms with Gasteiger partial charge in [-0.05, 0) is 25.5 Å². The van der Waals surface area contributed by atoms with Crippen molar-refractivity contribution in [1.82, 2.24) is 4.98 Å². The van der Waals surface area contributed by atoms with Crippen LogP contribution in [0.15, 0.2) is 18.3 Å². The second-order valence-corrected chi connectivity index (χ2v) is 5.30. The lowest BCUT2D eigenvalue weighted by Gasteiger charge is -2.07. The zero-order valence-electron chi connectivity index (χ0n) is 9.03. The Labute approximate surface area is 90.8 Å². The van der Waals surface area contributed by atoms with Crippen LogP contribution in [0.2, 0.25) is 0 Å². The number of unbranched alkanes of at least 4 members (excludes halogenated alkanes) is 1. The molecular formula is C10H16N2O2S. The molecule has 15 heavy (non-hydrogen) atoms. The number of aryl methyl sites for hydroxylation is 1. The van der Waals surface area contributed by atoms with E-state index in [1.165, 1.54) is 0 Å². The van der Waals surface area contributed by atoms with Crippen molar-refractivity contribution < 1.29 is 8.42 Å². The van der Waals surface area contributed by atoms with Gasteiger partial charge in [-0.1, -0.05) is 13.3 Å². The maximum atomic E-state index is 11.5. The molecule has 0 radical (unpaired) electrons. The molecule has 0 saturated carbocycles. The minimum atomic E-state index is -3.19. The maximum absolute atomic E-state index is 11.5. The minimum Gasteiger partial charge on any atom is -0.283 e. The van der Waals surface area contributed by atoms with Crippen LogP contribution < -0.4 is 4.72 Å². The predicted molar refractivity (Wildman–Crippen MR) is 61.3 cm³/mol. The SMILES string of the molecule is CCCCS(=O)(=O)Nc1ccnc(C)c1. The quantitative estimate of drug-likeness (QED) is 0.837. The first kappa shape index (κ1) is 12.0. The van der Waals surface area contributed by atoms with Crippen molar-refractivity contribution in [1.29, 1.82) is 0 Å². The third-order valence-corrected chi connectivity index (χ3v) is 3.31. The Morgan fingerprint density at radius 2 is 2.20 bits per heavy atom. The first-order chi connectivity index (χ1) is 7.03. The average molecular weight is 228 g/mol. The molecule has 0 atom stereocenters. The number of hydrogen-bond donors (Lipinski definition) is 1. The van der Waals surface area contributed by atoms with Crippen LogP contribution >= 0.6 is 0 Å². The molecule has 0 unspecified atom stereocenters. The fraction of sp³-hybridized carbons (Fsp3) is 0.500. The molecule has 1 aromatic rings. The topological polar surface area (TPSA) is 59.1 Å². The van der Waals surface area contributed by atoms with Gasteiger partial charge in [0.1, 0.15) is 0 Å². The second-order valence-electron chi connectivity index (χ2n) is 3.46. The van der Waals surface area contributed by atoms with E-state index in [-0.39, 0.29) is 5.75 Å². The van der Waals surface area contributed by atoms with Crippen LogP contribution in [0.5, 0.6) is 0 Å². The molecule has 0 aliphatic heterocycles. The lowest BCUT2D eigenvalue weighted by Crippen LogP contribution is -2.16. The molecule has 0 aromatic carbocycles. The Balaban J connectivity index is 2.69. The van der Waals surface area contributed by atoms with Gasteiger partial charge < -0.3 is 0 Å². The predicted octanol–water partition coefficient (Wildman–Crippen LogP) is 1.93. The van der Waals surface area contributed by atoms with Crippen molar-refractivity contribution in [2.45, 2.75) is 26.7 Å². The molecule has 4 nitrogen and oxygen atoms in total. The number of pyridine rings is 1. The molecule has 0 aliphatic rings. The minimum absolute atomic E-state index is 0.171. The number of nitrogens with one attached hydrogen (secondary N) is 1. The molecule has 1 N–H and O–H groups in total. The number of anilines is 1. The standard InChI is InChI=1S/C10H16N2O2S/c1-3-4-7-15(13,14)12-10-5-6-11-9(2)8-10/h5-6,8H,3-4,7H2,1-2H3,(H,11,12). The van der Waals surface area contributed by atoms with E-state index in [1.807, 2.05) is 13.8 Å². The second kappa shape index (κ2) is 5.11. The molecule has 5 heteroatoms. The van der Waals surface area contributed by atoms with E-state index in [2.05, 4.69) is 9.71 Å². The summed E-state index contributed by atoms with van der Waals surface area (Å²) in [6, 6.07) is 3.36. The summed E-state index contributed by atoms with van der Waals surface area (Å²) >= 11 is 0. The van der Waals surface area contributed by atoms with Gasteiger partial charge in [0.2, 0.25) is 10.0 Å². The molecule has 0 saturated heterocycles. The summed E-state index contributed by atoms with van der Waals surface area (Å²) < 4.78 is 25.6. The van der Waals surface area contributed by atoms with Crippen LogP contribution in [0.4, 0.5) is 5.69 Å².